The summed E-state index contributed by atoms with van der Waals surface area (Å²) in [5, 5.41) is 12.6. The van der Waals surface area contributed by atoms with Crippen LogP contribution in [-0.2, 0) is 6.54 Å². The van der Waals surface area contributed by atoms with E-state index in [0.29, 0.717) is 12.6 Å². The maximum atomic E-state index is 9.18. The van der Waals surface area contributed by atoms with E-state index in [4.69, 9.17) is 0 Å². The van der Waals surface area contributed by atoms with Crippen molar-refractivity contribution in [3.63, 3.8) is 0 Å². The predicted octanol–water partition coefficient (Wildman–Crippen LogP) is 1.93. The van der Waals surface area contributed by atoms with Crippen LogP contribution in [0.25, 0.3) is 0 Å². The molecule has 4 nitrogen and oxygen atoms in total. The van der Waals surface area contributed by atoms with Crippen LogP contribution in [0.1, 0.15) is 38.2 Å². The molecule has 0 bridgehead atoms. The number of pyridine rings is 1. The van der Waals surface area contributed by atoms with E-state index in [-0.39, 0.29) is 6.61 Å². The maximum Gasteiger partial charge on any atom is 0.128 e. The summed E-state index contributed by atoms with van der Waals surface area (Å²) in [6, 6.07) is 4.79. The van der Waals surface area contributed by atoms with Crippen LogP contribution in [-0.4, -0.2) is 35.8 Å². The zero-order chi connectivity index (χ0) is 13.5. The van der Waals surface area contributed by atoms with E-state index in [0.717, 1.165) is 25.3 Å². The van der Waals surface area contributed by atoms with Gasteiger partial charge in [-0.3, -0.25) is 0 Å². The van der Waals surface area contributed by atoms with Gasteiger partial charge in [-0.2, -0.15) is 0 Å². The van der Waals surface area contributed by atoms with Crippen molar-refractivity contribution in [1.29, 1.82) is 0 Å². The molecule has 1 fully saturated rings. The van der Waals surface area contributed by atoms with Gasteiger partial charge in [0.05, 0.1) is 6.61 Å². The van der Waals surface area contributed by atoms with Gasteiger partial charge in [0.25, 0.3) is 0 Å². The number of rotatable bonds is 8. The molecule has 1 aliphatic rings. The van der Waals surface area contributed by atoms with Crippen LogP contribution >= 0.6 is 0 Å². The third-order valence-corrected chi connectivity index (χ3v) is 3.72. The highest BCUT2D eigenvalue weighted by molar-refractivity contribution is 5.41. The van der Waals surface area contributed by atoms with Gasteiger partial charge in [-0.1, -0.05) is 13.0 Å². The van der Waals surface area contributed by atoms with Crippen molar-refractivity contribution in [2.75, 3.05) is 24.6 Å². The summed E-state index contributed by atoms with van der Waals surface area (Å²) in [5.41, 5.74) is 1.22. The van der Waals surface area contributed by atoms with Gasteiger partial charge in [-0.15, -0.1) is 0 Å². The Bertz CT molecular complexity index is 362. The molecule has 1 aromatic rings. The van der Waals surface area contributed by atoms with E-state index in [2.05, 4.69) is 34.3 Å². The summed E-state index contributed by atoms with van der Waals surface area (Å²) in [6.45, 7) is 4.97. The maximum absolute atomic E-state index is 9.18. The molecular weight excluding hydrogens is 238 g/mol. The van der Waals surface area contributed by atoms with Gasteiger partial charge in [-0.05, 0) is 43.9 Å². The summed E-state index contributed by atoms with van der Waals surface area (Å²) in [4.78, 5) is 6.80. The first kappa shape index (κ1) is 14.3. The second-order valence-corrected chi connectivity index (χ2v) is 5.20. The minimum absolute atomic E-state index is 0.192. The van der Waals surface area contributed by atoms with Gasteiger partial charge in [0.2, 0.25) is 0 Å². The van der Waals surface area contributed by atoms with E-state index >= 15 is 0 Å². The van der Waals surface area contributed by atoms with E-state index in [1.807, 2.05) is 6.20 Å². The Labute approximate surface area is 115 Å². The summed E-state index contributed by atoms with van der Waals surface area (Å²) in [6.07, 6.45) is 6.84. The molecule has 0 atom stereocenters. The Morgan fingerprint density at radius 1 is 1.42 bits per heavy atom. The van der Waals surface area contributed by atoms with Gasteiger partial charge < -0.3 is 15.3 Å². The summed E-state index contributed by atoms with van der Waals surface area (Å²) in [7, 11) is 0. The van der Waals surface area contributed by atoms with Crippen LogP contribution < -0.4 is 10.2 Å². The normalized spacial score (nSPS) is 15.3. The molecule has 1 saturated carbocycles. The molecule has 2 N–H and O–H groups in total. The third kappa shape index (κ3) is 3.91. The van der Waals surface area contributed by atoms with Crippen molar-refractivity contribution in [2.24, 2.45) is 0 Å². The van der Waals surface area contributed by atoms with Crippen LogP contribution in [0.5, 0.6) is 0 Å². The number of hydrogen-bond donors (Lipinski definition) is 2. The molecule has 1 aliphatic carbocycles. The van der Waals surface area contributed by atoms with Crippen molar-refractivity contribution in [3.8, 4) is 0 Å². The lowest BCUT2D eigenvalue weighted by Crippen LogP contribution is -2.42. The molecule has 19 heavy (non-hydrogen) atoms. The topological polar surface area (TPSA) is 48.4 Å². The molecule has 4 heteroatoms. The largest absolute Gasteiger partial charge is 0.395 e. The molecule has 1 heterocycles. The average molecular weight is 263 g/mol. The highest BCUT2D eigenvalue weighted by Gasteiger charge is 2.25. The van der Waals surface area contributed by atoms with Crippen molar-refractivity contribution in [3.05, 3.63) is 23.9 Å². The van der Waals surface area contributed by atoms with Gasteiger partial charge in [-0.25, -0.2) is 4.98 Å². The van der Waals surface area contributed by atoms with Crippen LogP contribution in [0.4, 0.5) is 5.82 Å². The van der Waals surface area contributed by atoms with E-state index in [9.17, 15) is 5.11 Å². The van der Waals surface area contributed by atoms with E-state index in [1.165, 1.54) is 24.8 Å². The molecule has 0 amide bonds. The fourth-order valence-electron chi connectivity index (χ4n) is 2.39. The molecule has 0 radical (unpaired) electrons. The lowest BCUT2D eigenvalue weighted by Gasteiger charge is -2.38. The first-order valence-electron chi connectivity index (χ1n) is 7.38. The van der Waals surface area contributed by atoms with Crippen LogP contribution in [0, 0.1) is 0 Å². The summed E-state index contributed by atoms with van der Waals surface area (Å²) >= 11 is 0. The highest BCUT2D eigenvalue weighted by Crippen LogP contribution is 2.28. The quantitative estimate of drug-likeness (QED) is 0.704. The van der Waals surface area contributed by atoms with Crippen molar-refractivity contribution < 1.29 is 5.11 Å². The second kappa shape index (κ2) is 7.46. The first-order chi connectivity index (χ1) is 9.35. The number of aromatic nitrogens is 1. The lowest BCUT2D eigenvalue weighted by molar-refractivity contribution is 0.283. The Morgan fingerprint density at radius 2 is 2.26 bits per heavy atom. The Kier molecular flexibility index (Phi) is 5.61. The Morgan fingerprint density at radius 3 is 2.79 bits per heavy atom. The molecule has 0 unspecified atom stereocenters. The zero-order valence-electron chi connectivity index (χ0n) is 11.8. The number of nitrogens with one attached hydrogen (secondary N) is 1. The van der Waals surface area contributed by atoms with Gasteiger partial charge in [0.15, 0.2) is 0 Å². The highest BCUT2D eigenvalue weighted by atomic mass is 16.3. The molecule has 0 saturated heterocycles. The van der Waals surface area contributed by atoms with Crippen molar-refractivity contribution in [2.45, 2.75) is 45.2 Å². The number of anilines is 1. The minimum atomic E-state index is 0.192. The minimum Gasteiger partial charge on any atom is -0.395 e. The Balaban J connectivity index is 1.94. The van der Waals surface area contributed by atoms with Gasteiger partial charge in [0.1, 0.15) is 5.82 Å². The smallest absolute Gasteiger partial charge is 0.128 e. The number of aliphatic hydroxyl groups is 1. The molecule has 0 aromatic carbocycles. The molecule has 106 valence electrons. The van der Waals surface area contributed by atoms with E-state index in [1.54, 1.807) is 0 Å². The first-order valence-corrected chi connectivity index (χ1v) is 7.38. The zero-order valence-corrected chi connectivity index (χ0v) is 11.8. The Hall–Kier alpha value is -1.13. The molecule has 0 aliphatic heterocycles. The fraction of sp³-hybridized carbons (Fsp3) is 0.667. The van der Waals surface area contributed by atoms with Crippen LogP contribution in [0.2, 0.25) is 0 Å². The number of hydrogen-bond acceptors (Lipinski definition) is 4. The van der Waals surface area contributed by atoms with E-state index < -0.39 is 0 Å². The molecular formula is C15H25N3O. The second-order valence-electron chi connectivity index (χ2n) is 5.20. The average Bonchev–Trinajstić information content (AvgIpc) is 2.37. The number of aliphatic hydroxyl groups excluding tert-OH is 1. The van der Waals surface area contributed by atoms with Crippen molar-refractivity contribution in [1.82, 2.24) is 10.3 Å². The molecule has 0 spiro atoms. The summed E-state index contributed by atoms with van der Waals surface area (Å²) in [5.74, 6) is 0.998. The molecule has 1 aromatic heterocycles. The SMILES string of the molecule is CCCNCc1ccc(N(CCO)C2CCC2)nc1. The van der Waals surface area contributed by atoms with Crippen molar-refractivity contribution >= 4 is 5.82 Å². The number of nitrogens with zero attached hydrogens (tertiary/aromatic N) is 2. The van der Waals surface area contributed by atoms with Crippen LogP contribution in [0.3, 0.4) is 0 Å². The summed E-state index contributed by atoms with van der Waals surface area (Å²) < 4.78 is 0. The fourth-order valence-corrected chi connectivity index (χ4v) is 2.39. The lowest BCUT2D eigenvalue weighted by atomic mass is 9.91. The van der Waals surface area contributed by atoms with Gasteiger partial charge >= 0.3 is 0 Å². The van der Waals surface area contributed by atoms with Gasteiger partial charge in [0, 0.05) is 25.3 Å². The monoisotopic (exact) mass is 263 g/mol. The predicted molar refractivity (Wildman–Crippen MR) is 78.3 cm³/mol. The van der Waals surface area contributed by atoms with Crippen LogP contribution in [0.15, 0.2) is 18.3 Å². The third-order valence-electron chi connectivity index (χ3n) is 3.72. The standard InChI is InChI=1S/C15H25N3O/c1-2-8-16-11-13-6-7-15(17-12-13)18(9-10-19)14-4-3-5-14/h6-7,12,14,16,19H,2-5,8-11H2,1H3. The molecule has 2 rings (SSSR count).